The smallest absolute Gasteiger partial charge is 0.256 e. The van der Waals surface area contributed by atoms with Crippen LogP contribution in [0.3, 0.4) is 0 Å². The van der Waals surface area contributed by atoms with Crippen molar-refractivity contribution in [3.05, 3.63) is 35.1 Å². The van der Waals surface area contributed by atoms with Gasteiger partial charge in [0.2, 0.25) is 0 Å². The van der Waals surface area contributed by atoms with Gasteiger partial charge in [-0.3, -0.25) is 9.69 Å². The molecule has 1 heterocycles. The summed E-state index contributed by atoms with van der Waals surface area (Å²) in [6.07, 6.45) is 0.973. The zero-order valence-corrected chi connectivity index (χ0v) is 11.9. The summed E-state index contributed by atoms with van der Waals surface area (Å²) in [7, 11) is 0. The molecule has 110 valence electrons. The van der Waals surface area contributed by atoms with Gasteiger partial charge >= 0.3 is 0 Å². The van der Waals surface area contributed by atoms with Crippen molar-refractivity contribution < 1.29 is 9.18 Å². The van der Waals surface area contributed by atoms with Crippen molar-refractivity contribution in [3.8, 4) is 0 Å². The van der Waals surface area contributed by atoms with Gasteiger partial charge < -0.3 is 10.6 Å². The number of amides is 1. The van der Waals surface area contributed by atoms with Crippen LogP contribution in [-0.2, 0) is 0 Å². The van der Waals surface area contributed by atoms with Crippen LogP contribution in [0, 0.1) is 12.7 Å². The van der Waals surface area contributed by atoms with E-state index in [2.05, 4.69) is 4.90 Å². The molecule has 1 saturated heterocycles. The maximum atomic E-state index is 14.0. The third-order valence-corrected chi connectivity index (χ3v) is 3.76. The zero-order chi connectivity index (χ0) is 14.5. The highest BCUT2D eigenvalue weighted by Crippen LogP contribution is 2.15. The first kappa shape index (κ1) is 14.9. The van der Waals surface area contributed by atoms with Gasteiger partial charge in [-0.2, -0.15) is 0 Å². The van der Waals surface area contributed by atoms with Gasteiger partial charge in [-0.05, 0) is 38.1 Å². The third kappa shape index (κ3) is 3.35. The Hall–Kier alpha value is -1.46. The van der Waals surface area contributed by atoms with Crippen LogP contribution in [0.2, 0.25) is 0 Å². The summed E-state index contributed by atoms with van der Waals surface area (Å²) in [5.74, 6) is -0.604. The Labute approximate surface area is 119 Å². The number of rotatable bonds is 4. The molecule has 1 amide bonds. The number of carbonyl (C=O) groups is 1. The van der Waals surface area contributed by atoms with Gasteiger partial charge in [0.1, 0.15) is 5.82 Å². The fraction of sp³-hybridized carbons (Fsp3) is 0.533. The van der Waals surface area contributed by atoms with Crippen molar-refractivity contribution in [1.29, 1.82) is 0 Å². The van der Waals surface area contributed by atoms with Crippen LogP contribution in [0.25, 0.3) is 0 Å². The van der Waals surface area contributed by atoms with Crippen LogP contribution in [-0.4, -0.2) is 55.0 Å². The number of carbonyl (C=O) groups excluding carboxylic acids is 1. The Morgan fingerprint density at radius 1 is 1.30 bits per heavy atom. The number of hydrogen-bond acceptors (Lipinski definition) is 3. The molecule has 1 aliphatic rings. The molecule has 2 rings (SSSR count). The number of halogens is 1. The van der Waals surface area contributed by atoms with Gasteiger partial charge in [-0.1, -0.05) is 12.1 Å². The molecule has 0 saturated carbocycles. The van der Waals surface area contributed by atoms with Crippen molar-refractivity contribution in [2.45, 2.75) is 13.3 Å². The summed E-state index contributed by atoms with van der Waals surface area (Å²) in [4.78, 5) is 16.4. The predicted octanol–water partition coefficient (Wildman–Crippen LogP) is 1.24. The highest BCUT2D eigenvalue weighted by Gasteiger charge is 2.24. The molecular formula is C15H22FN3O. The maximum absolute atomic E-state index is 14.0. The van der Waals surface area contributed by atoms with Gasteiger partial charge in [0.15, 0.2) is 0 Å². The van der Waals surface area contributed by atoms with Crippen molar-refractivity contribution in [2.24, 2.45) is 5.73 Å². The first-order chi connectivity index (χ1) is 9.63. The van der Waals surface area contributed by atoms with E-state index in [1.165, 1.54) is 0 Å². The summed E-state index contributed by atoms with van der Waals surface area (Å²) in [5.41, 5.74) is 6.19. The first-order valence-corrected chi connectivity index (χ1v) is 7.10. The standard InChI is InChI=1S/C15H22FN3O/c1-12-4-2-5-13(14(12)16)15(20)19-10-8-18(9-11-19)7-3-6-17/h2,4-5H,3,6-11,17H2,1H3. The van der Waals surface area contributed by atoms with E-state index in [1.807, 2.05) is 0 Å². The van der Waals surface area contributed by atoms with Crippen LogP contribution >= 0.6 is 0 Å². The Balaban J connectivity index is 1.96. The van der Waals surface area contributed by atoms with E-state index in [0.717, 1.165) is 26.1 Å². The van der Waals surface area contributed by atoms with Gasteiger partial charge in [0.25, 0.3) is 5.91 Å². The van der Waals surface area contributed by atoms with Crippen molar-refractivity contribution in [2.75, 3.05) is 39.3 Å². The summed E-state index contributed by atoms with van der Waals surface area (Å²) in [6, 6.07) is 4.96. The van der Waals surface area contributed by atoms with E-state index in [-0.39, 0.29) is 11.5 Å². The average Bonchev–Trinajstić information content (AvgIpc) is 2.48. The minimum Gasteiger partial charge on any atom is -0.336 e. The molecule has 2 N–H and O–H groups in total. The molecule has 0 bridgehead atoms. The number of hydrogen-bond donors (Lipinski definition) is 1. The lowest BCUT2D eigenvalue weighted by molar-refractivity contribution is 0.0632. The zero-order valence-electron chi connectivity index (χ0n) is 11.9. The molecule has 0 radical (unpaired) electrons. The Morgan fingerprint density at radius 2 is 2.00 bits per heavy atom. The predicted molar refractivity (Wildman–Crippen MR) is 77.2 cm³/mol. The second-order valence-electron chi connectivity index (χ2n) is 5.21. The Kier molecular flexibility index (Phi) is 5.09. The van der Waals surface area contributed by atoms with E-state index in [1.54, 1.807) is 30.0 Å². The molecule has 20 heavy (non-hydrogen) atoms. The van der Waals surface area contributed by atoms with Crippen LogP contribution in [0.4, 0.5) is 4.39 Å². The largest absolute Gasteiger partial charge is 0.336 e. The Bertz CT molecular complexity index is 470. The highest BCUT2D eigenvalue weighted by molar-refractivity contribution is 5.94. The summed E-state index contributed by atoms with van der Waals surface area (Å²) in [6.45, 7) is 6.30. The fourth-order valence-electron chi connectivity index (χ4n) is 2.47. The second kappa shape index (κ2) is 6.81. The minimum absolute atomic E-state index is 0.181. The van der Waals surface area contributed by atoms with Crippen molar-refractivity contribution in [3.63, 3.8) is 0 Å². The van der Waals surface area contributed by atoms with Gasteiger partial charge in [-0.15, -0.1) is 0 Å². The molecule has 0 unspecified atom stereocenters. The van der Waals surface area contributed by atoms with Crippen LogP contribution in [0.15, 0.2) is 18.2 Å². The monoisotopic (exact) mass is 279 g/mol. The number of nitrogens with two attached hydrogens (primary N) is 1. The van der Waals surface area contributed by atoms with E-state index in [9.17, 15) is 9.18 Å². The summed E-state index contributed by atoms with van der Waals surface area (Å²) in [5, 5.41) is 0. The number of aryl methyl sites for hydroxylation is 1. The maximum Gasteiger partial charge on any atom is 0.256 e. The molecule has 0 aromatic heterocycles. The van der Waals surface area contributed by atoms with E-state index in [4.69, 9.17) is 5.73 Å². The molecular weight excluding hydrogens is 257 g/mol. The summed E-state index contributed by atoms with van der Waals surface area (Å²) >= 11 is 0. The van der Waals surface area contributed by atoms with E-state index >= 15 is 0 Å². The molecule has 0 aliphatic carbocycles. The highest BCUT2D eigenvalue weighted by atomic mass is 19.1. The van der Waals surface area contributed by atoms with Gasteiger partial charge in [0, 0.05) is 26.2 Å². The molecule has 5 heteroatoms. The molecule has 0 atom stereocenters. The SMILES string of the molecule is Cc1cccc(C(=O)N2CCN(CCCN)CC2)c1F. The molecule has 4 nitrogen and oxygen atoms in total. The lowest BCUT2D eigenvalue weighted by atomic mass is 10.1. The quantitative estimate of drug-likeness (QED) is 0.902. The van der Waals surface area contributed by atoms with Crippen molar-refractivity contribution in [1.82, 2.24) is 9.80 Å². The fourth-order valence-corrected chi connectivity index (χ4v) is 2.47. The van der Waals surface area contributed by atoms with Crippen molar-refractivity contribution >= 4 is 5.91 Å². The van der Waals surface area contributed by atoms with Gasteiger partial charge in [-0.25, -0.2) is 4.39 Å². The number of nitrogens with zero attached hydrogens (tertiary/aromatic N) is 2. The van der Waals surface area contributed by atoms with E-state index < -0.39 is 5.82 Å². The average molecular weight is 279 g/mol. The lowest BCUT2D eigenvalue weighted by Gasteiger charge is -2.34. The van der Waals surface area contributed by atoms with Crippen LogP contribution in [0.1, 0.15) is 22.3 Å². The van der Waals surface area contributed by atoms with Gasteiger partial charge in [0.05, 0.1) is 5.56 Å². The lowest BCUT2D eigenvalue weighted by Crippen LogP contribution is -2.49. The summed E-state index contributed by atoms with van der Waals surface area (Å²) < 4.78 is 14.0. The molecule has 0 spiro atoms. The first-order valence-electron chi connectivity index (χ1n) is 7.10. The molecule has 1 aliphatic heterocycles. The van der Waals surface area contributed by atoms with Crippen LogP contribution in [0.5, 0.6) is 0 Å². The topological polar surface area (TPSA) is 49.6 Å². The second-order valence-corrected chi connectivity index (χ2v) is 5.21. The number of piperazine rings is 1. The normalized spacial score (nSPS) is 16.4. The minimum atomic E-state index is -0.400. The Morgan fingerprint density at radius 3 is 2.65 bits per heavy atom. The third-order valence-electron chi connectivity index (χ3n) is 3.76. The molecule has 1 aromatic carbocycles. The van der Waals surface area contributed by atoms with Crippen LogP contribution < -0.4 is 5.73 Å². The molecule has 1 fully saturated rings. The number of benzene rings is 1. The molecule has 1 aromatic rings. The van der Waals surface area contributed by atoms with E-state index in [0.29, 0.717) is 25.2 Å².